The first-order chi connectivity index (χ1) is 10.8. The molecule has 2 aromatic carbocycles. The molecule has 0 aromatic heterocycles. The fourth-order valence-electron chi connectivity index (χ4n) is 2.77. The zero-order valence-electron chi connectivity index (χ0n) is 12.7. The maximum atomic E-state index is 13.7. The van der Waals surface area contributed by atoms with Gasteiger partial charge in [0.25, 0.3) is 5.92 Å². The first-order valence-electron chi connectivity index (χ1n) is 7.38. The first kappa shape index (κ1) is 15.5. The topological polar surface area (TPSA) is 52.3 Å². The van der Waals surface area contributed by atoms with E-state index in [1.165, 1.54) is 0 Å². The average molecular weight is 317 g/mol. The van der Waals surface area contributed by atoms with Crippen LogP contribution in [0.1, 0.15) is 35.7 Å². The summed E-state index contributed by atoms with van der Waals surface area (Å²) >= 11 is 0. The van der Waals surface area contributed by atoms with Gasteiger partial charge >= 0.3 is 0 Å². The summed E-state index contributed by atoms with van der Waals surface area (Å²) in [6.45, 7) is 0.977. The average Bonchev–Trinajstić information content (AvgIpc) is 3.30. The van der Waals surface area contributed by atoms with E-state index in [9.17, 15) is 13.6 Å². The molecule has 0 spiro atoms. The zero-order valence-corrected chi connectivity index (χ0v) is 12.7. The summed E-state index contributed by atoms with van der Waals surface area (Å²) in [5, 5.41) is 0. The number of primary amides is 1. The largest absolute Gasteiger partial charge is 0.457 e. The maximum Gasteiger partial charge on any atom is 0.254 e. The van der Waals surface area contributed by atoms with E-state index in [0.29, 0.717) is 35.5 Å². The van der Waals surface area contributed by atoms with E-state index in [4.69, 9.17) is 10.5 Å². The molecule has 0 aliphatic heterocycles. The first-order valence-corrected chi connectivity index (χ1v) is 7.38. The van der Waals surface area contributed by atoms with Gasteiger partial charge in [-0.2, -0.15) is 0 Å². The lowest BCUT2D eigenvalue weighted by Crippen LogP contribution is -2.29. The quantitative estimate of drug-likeness (QED) is 0.895. The zero-order chi connectivity index (χ0) is 16.7. The molecule has 5 heteroatoms. The van der Waals surface area contributed by atoms with Gasteiger partial charge in [-0.3, -0.25) is 4.79 Å². The molecule has 2 aromatic rings. The van der Waals surface area contributed by atoms with Gasteiger partial charge in [-0.1, -0.05) is 12.1 Å². The fourth-order valence-corrected chi connectivity index (χ4v) is 2.77. The Morgan fingerprint density at radius 1 is 1.04 bits per heavy atom. The number of carbonyl (C=O) groups excluding carboxylic acids is 1. The number of rotatable bonds is 5. The highest BCUT2D eigenvalue weighted by Crippen LogP contribution is 2.58. The number of benzene rings is 2. The van der Waals surface area contributed by atoms with Crippen molar-refractivity contribution >= 4 is 5.91 Å². The third-order valence-corrected chi connectivity index (χ3v) is 4.37. The molecule has 3 rings (SSSR count). The monoisotopic (exact) mass is 317 g/mol. The number of ether oxygens (including phenoxy) is 1. The molecular formula is C18H17F2NO2. The molecule has 2 N–H and O–H groups in total. The van der Waals surface area contributed by atoms with E-state index in [2.05, 4.69) is 0 Å². The van der Waals surface area contributed by atoms with Crippen molar-refractivity contribution in [2.75, 3.05) is 0 Å². The Balaban J connectivity index is 1.74. The number of amides is 1. The molecule has 1 fully saturated rings. The normalized spacial score (nSPS) is 16.0. The second kappa shape index (κ2) is 5.33. The molecule has 0 radical (unpaired) electrons. The van der Waals surface area contributed by atoms with Gasteiger partial charge in [0.15, 0.2) is 0 Å². The molecule has 1 aliphatic carbocycles. The minimum atomic E-state index is -2.72. The summed E-state index contributed by atoms with van der Waals surface area (Å²) in [7, 11) is 0. The molecule has 1 aliphatic rings. The van der Waals surface area contributed by atoms with Crippen LogP contribution in [0.15, 0.2) is 48.5 Å². The van der Waals surface area contributed by atoms with E-state index in [-0.39, 0.29) is 0 Å². The Morgan fingerprint density at radius 3 is 1.91 bits per heavy atom. The fraction of sp³-hybridized carbons (Fsp3) is 0.278. The van der Waals surface area contributed by atoms with Crippen LogP contribution in [-0.2, 0) is 5.41 Å². The van der Waals surface area contributed by atoms with Crippen molar-refractivity contribution in [2.24, 2.45) is 5.73 Å². The van der Waals surface area contributed by atoms with Gasteiger partial charge in [0.1, 0.15) is 11.5 Å². The molecule has 120 valence electrons. The molecular weight excluding hydrogens is 300 g/mol. The highest BCUT2D eigenvalue weighted by Gasteiger charge is 2.59. The lowest BCUT2D eigenvalue weighted by atomic mass is 9.90. The standard InChI is InChI=1S/C18H17F2NO2/c1-17(19,20)18(10-11-18)13-4-8-15(9-5-13)23-14-6-2-12(3-7-14)16(21)22/h2-9H,10-11H2,1H3,(H2,21,22). The summed E-state index contributed by atoms with van der Waals surface area (Å²) in [6, 6.07) is 13.2. The lowest BCUT2D eigenvalue weighted by molar-refractivity contribution is -0.0200. The SMILES string of the molecule is CC(F)(F)C1(c2ccc(Oc3ccc(C(N)=O)cc3)cc2)CC1. The van der Waals surface area contributed by atoms with E-state index in [0.717, 1.165) is 6.92 Å². The molecule has 1 saturated carbocycles. The lowest BCUT2D eigenvalue weighted by Gasteiger charge is -2.23. The summed E-state index contributed by atoms with van der Waals surface area (Å²) in [4.78, 5) is 11.0. The van der Waals surface area contributed by atoms with Crippen LogP contribution in [0.5, 0.6) is 11.5 Å². The molecule has 0 heterocycles. The van der Waals surface area contributed by atoms with E-state index in [1.54, 1.807) is 48.5 Å². The van der Waals surface area contributed by atoms with Crippen molar-refractivity contribution in [3.63, 3.8) is 0 Å². The smallest absolute Gasteiger partial charge is 0.254 e. The van der Waals surface area contributed by atoms with Crippen LogP contribution in [0.25, 0.3) is 0 Å². The summed E-state index contributed by atoms with van der Waals surface area (Å²) < 4.78 is 33.1. The van der Waals surface area contributed by atoms with E-state index < -0.39 is 17.2 Å². The van der Waals surface area contributed by atoms with Crippen molar-refractivity contribution in [3.8, 4) is 11.5 Å². The maximum absolute atomic E-state index is 13.7. The molecule has 0 unspecified atom stereocenters. The highest BCUT2D eigenvalue weighted by molar-refractivity contribution is 5.92. The van der Waals surface area contributed by atoms with Crippen LogP contribution >= 0.6 is 0 Å². The number of alkyl halides is 2. The van der Waals surface area contributed by atoms with Crippen LogP contribution in [0.2, 0.25) is 0 Å². The molecule has 23 heavy (non-hydrogen) atoms. The third-order valence-electron chi connectivity index (χ3n) is 4.37. The van der Waals surface area contributed by atoms with Crippen molar-refractivity contribution in [2.45, 2.75) is 31.1 Å². The van der Waals surface area contributed by atoms with Gasteiger partial charge < -0.3 is 10.5 Å². The van der Waals surface area contributed by atoms with Gasteiger partial charge in [0.05, 0.1) is 5.41 Å². The van der Waals surface area contributed by atoms with Crippen LogP contribution in [0, 0.1) is 0 Å². The summed E-state index contributed by atoms with van der Waals surface area (Å²) in [5.74, 6) is -2.13. The van der Waals surface area contributed by atoms with Gasteiger partial charge in [-0.25, -0.2) is 8.78 Å². The van der Waals surface area contributed by atoms with E-state index in [1.807, 2.05) is 0 Å². The van der Waals surface area contributed by atoms with Crippen molar-refractivity contribution in [3.05, 3.63) is 59.7 Å². The molecule has 0 saturated heterocycles. The Morgan fingerprint density at radius 2 is 1.52 bits per heavy atom. The highest BCUT2D eigenvalue weighted by atomic mass is 19.3. The number of carbonyl (C=O) groups is 1. The molecule has 0 atom stereocenters. The Hall–Kier alpha value is -2.43. The van der Waals surface area contributed by atoms with Gasteiger partial charge in [0, 0.05) is 12.5 Å². The van der Waals surface area contributed by atoms with Gasteiger partial charge in [-0.05, 0) is 54.8 Å². The van der Waals surface area contributed by atoms with Crippen LogP contribution in [0.4, 0.5) is 8.78 Å². The third kappa shape index (κ3) is 2.91. The van der Waals surface area contributed by atoms with Crippen molar-refractivity contribution in [1.82, 2.24) is 0 Å². The van der Waals surface area contributed by atoms with Gasteiger partial charge in [0.2, 0.25) is 5.91 Å². The molecule has 1 amide bonds. The number of nitrogens with two attached hydrogens (primary N) is 1. The Labute approximate surface area is 133 Å². The summed E-state index contributed by atoms with van der Waals surface area (Å²) in [6.07, 6.45) is 1.01. The summed E-state index contributed by atoms with van der Waals surface area (Å²) in [5.41, 5.74) is 5.19. The second-order valence-corrected chi connectivity index (χ2v) is 5.99. The minimum absolute atomic E-state index is 0.397. The number of hydrogen-bond acceptors (Lipinski definition) is 2. The van der Waals surface area contributed by atoms with Crippen LogP contribution in [-0.4, -0.2) is 11.8 Å². The van der Waals surface area contributed by atoms with Crippen LogP contribution < -0.4 is 10.5 Å². The van der Waals surface area contributed by atoms with Gasteiger partial charge in [-0.15, -0.1) is 0 Å². The Kier molecular flexibility index (Phi) is 3.59. The molecule has 3 nitrogen and oxygen atoms in total. The van der Waals surface area contributed by atoms with E-state index >= 15 is 0 Å². The Bertz CT molecular complexity index is 714. The second-order valence-electron chi connectivity index (χ2n) is 5.99. The van der Waals surface area contributed by atoms with Crippen molar-refractivity contribution < 1.29 is 18.3 Å². The number of hydrogen-bond donors (Lipinski definition) is 1. The predicted molar refractivity (Wildman–Crippen MR) is 83.0 cm³/mol. The van der Waals surface area contributed by atoms with Crippen LogP contribution in [0.3, 0.4) is 0 Å². The molecule has 0 bridgehead atoms. The predicted octanol–water partition coefficient (Wildman–Crippen LogP) is 4.26. The number of halogens is 2. The van der Waals surface area contributed by atoms with Crippen molar-refractivity contribution in [1.29, 1.82) is 0 Å². The minimum Gasteiger partial charge on any atom is -0.457 e.